The molecule has 0 aliphatic carbocycles. The third kappa shape index (κ3) is 4.61. The maximum absolute atomic E-state index is 13.8. The van der Waals surface area contributed by atoms with Gasteiger partial charge in [-0.15, -0.1) is 0 Å². The number of rotatable bonds is 6. The molecule has 0 saturated carbocycles. The van der Waals surface area contributed by atoms with Crippen LogP contribution >= 0.6 is 0 Å². The molecular weight excluding hydrogens is 415 g/mol. The first kappa shape index (κ1) is 22.9. The number of hydrogen-bond donors (Lipinski definition) is 1. The number of benzene rings is 3. The fourth-order valence-corrected chi connectivity index (χ4v) is 4.88. The van der Waals surface area contributed by atoms with Crippen molar-refractivity contribution < 1.29 is 9.18 Å². The Morgan fingerprint density at radius 3 is 2.61 bits per heavy atom. The molecule has 2 atom stereocenters. The molecule has 1 amide bonds. The van der Waals surface area contributed by atoms with Crippen LogP contribution in [0.4, 0.5) is 4.39 Å². The zero-order chi connectivity index (χ0) is 23.5. The number of nitrogens with zero attached hydrogens (tertiary/aromatic N) is 3. The van der Waals surface area contributed by atoms with Crippen molar-refractivity contribution in [3.63, 3.8) is 0 Å². The summed E-state index contributed by atoms with van der Waals surface area (Å²) >= 11 is 0. The van der Waals surface area contributed by atoms with Crippen LogP contribution in [-0.2, 0) is 17.8 Å². The first-order valence-electron chi connectivity index (χ1n) is 11.4. The molecule has 1 aliphatic heterocycles. The molecule has 6 heteroatoms. The summed E-state index contributed by atoms with van der Waals surface area (Å²) in [6, 6.07) is 17.9. The normalized spacial score (nSPS) is 17.1. The van der Waals surface area contributed by atoms with Crippen LogP contribution in [0.1, 0.15) is 41.6 Å². The minimum Gasteiger partial charge on any atom is -0.340 e. The van der Waals surface area contributed by atoms with E-state index < -0.39 is 6.04 Å². The van der Waals surface area contributed by atoms with Gasteiger partial charge in [-0.05, 0) is 58.5 Å². The van der Waals surface area contributed by atoms with Crippen LogP contribution in [-0.4, -0.2) is 41.9 Å². The van der Waals surface area contributed by atoms with Gasteiger partial charge < -0.3 is 10.6 Å². The zero-order valence-corrected chi connectivity index (χ0v) is 19.1. The number of likely N-dealkylation sites (tertiary alicyclic amines) is 1. The van der Waals surface area contributed by atoms with Crippen molar-refractivity contribution in [1.82, 2.24) is 9.80 Å². The van der Waals surface area contributed by atoms with Crippen LogP contribution in [0.25, 0.3) is 10.8 Å². The topological polar surface area (TPSA) is 73.4 Å². The van der Waals surface area contributed by atoms with Crippen molar-refractivity contribution in [2.24, 2.45) is 5.73 Å². The zero-order valence-electron chi connectivity index (χ0n) is 19.1. The molecule has 170 valence electrons. The molecule has 3 aromatic rings. The van der Waals surface area contributed by atoms with Gasteiger partial charge in [0.2, 0.25) is 5.91 Å². The van der Waals surface area contributed by atoms with Crippen molar-refractivity contribution in [3.05, 3.63) is 82.7 Å². The molecule has 1 aliphatic rings. The van der Waals surface area contributed by atoms with Crippen LogP contribution in [0.3, 0.4) is 0 Å². The standard InChI is InChI=1S/C27H29FN4O/c1-3-23-20(15-29)14-19-6-4-5-7-24(19)25(23)17-31(2)27(33)26(32-13-12-22(30)16-32)18-8-10-21(28)11-9-18/h4-11,14,22,26H,3,12-13,16-17,30H2,1-2H3/t22-,26?/m1/s1. The summed E-state index contributed by atoms with van der Waals surface area (Å²) in [4.78, 5) is 17.6. The van der Waals surface area contributed by atoms with E-state index in [9.17, 15) is 14.4 Å². The van der Waals surface area contributed by atoms with E-state index in [2.05, 4.69) is 11.0 Å². The van der Waals surface area contributed by atoms with Crippen molar-refractivity contribution in [3.8, 4) is 6.07 Å². The summed E-state index contributed by atoms with van der Waals surface area (Å²) in [7, 11) is 1.79. The fourth-order valence-electron chi connectivity index (χ4n) is 4.88. The van der Waals surface area contributed by atoms with Gasteiger partial charge in [-0.2, -0.15) is 5.26 Å². The molecule has 0 bridgehead atoms. The maximum Gasteiger partial charge on any atom is 0.244 e. The van der Waals surface area contributed by atoms with E-state index in [-0.39, 0.29) is 17.8 Å². The van der Waals surface area contributed by atoms with Gasteiger partial charge in [0.25, 0.3) is 0 Å². The number of nitrogens with two attached hydrogens (primary N) is 1. The Labute approximate surface area is 194 Å². The number of likely N-dealkylation sites (N-methyl/N-ethyl adjacent to an activating group) is 1. The fraction of sp³-hybridized carbons (Fsp3) is 0.333. The number of nitriles is 1. The molecule has 1 fully saturated rings. The lowest BCUT2D eigenvalue weighted by atomic mass is 9.92. The molecule has 3 aromatic carbocycles. The van der Waals surface area contributed by atoms with Gasteiger partial charge >= 0.3 is 0 Å². The smallest absolute Gasteiger partial charge is 0.244 e. The van der Waals surface area contributed by atoms with Crippen molar-refractivity contribution in [2.75, 3.05) is 20.1 Å². The van der Waals surface area contributed by atoms with E-state index in [0.717, 1.165) is 40.4 Å². The van der Waals surface area contributed by atoms with Crippen molar-refractivity contribution in [2.45, 2.75) is 38.4 Å². The van der Waals surface area contributed by atoms with Crippen molar-refractivity contribution in [1.29, 1.82) is 5.26 Å². The van der Waals surface area contributed by atoms with Crippen LogP contribution in [0.5, 0.6) is 0 Å². The van der Waals surface area contributed by atoms with Gasteiger partial charge in [0, 0.05) is 32.7 Å². The predicted octanol–water partition coefficient (Wildman–Crippen LogP) is 4.15. The van der Waals surface area contributed by atoms with Gasteiger partial charge in [0.05, 0.1) is 11.6 Å². The third-order valence-corrected chi connectivity index (χ3v) is 6.56. The van der Waals surface area contributed by atoms with Crippen molar-refractivity contribution >= 4 is 16.7 Å². The number of carbonyl (C=O) groups excluding carboxylic acids is 1. The predicted molar refractivity (Wildman–Crippen MR) is 128 cm³/mol. The minimum atomic E-state index is -0.528. The Hall–Kier alpha value is -3.27. The summed E-state index contributed by atoms with van der Waals surface area (Å²) in [6.07, 6.45) is 1.52. The monoisotopic (exact) mass is 444 g/mol. The lowest BCUT2D eigenvalue weighted by Gasteiger charge is -2.31. The third-order valence-electron chi connectivity index (χ3n) is 6.56. The summed E-state index contributed by atoms with van der Waals surface area (Å²) in [6.45, 7) is 3.75. The van der Waals surface area contributed by atoms with Gasteiger partial charge in [-0.25, -0.2) is 4.39 Å². The second kappa shape index (κ2) is 9.70. The molecular formula is C27H29FN4O. The molecule has 1 heterocycles. The Bertz CT molecular complexity index is 1200. The number of amides is 1. The first-order chi connectivity index (χ1) is 15.9. The van der Waals surface area contributed by atoms with Gasteiger partial charge in [-0.3, -0.25) is 9.69 Å². The quantitative estimate of drug-likeness (QED) is 0.620. The van der Waals surface area contributed by atoms with Crippen LogP contribution < -0.4 is 5.73 Å². The molecule has 0 aromatic heterocycles. The Kier molecular flexibility index (Phi) is 6.73. The van der Waals surface area contributed by atoms with E-state index in [1.165, 1.54) is 12.1 Å². The van der Waals surface area contributed by atoms with E-state index in [0.29, 0.717) is 25.1 Å². The molecule has 1 unspecified atom stereocenters. The van der Waals surface area contributed by atoms with Gasteiger partial charge in [0.15, 0.2) is 0 Å². The lowest BCUT2D eigenvalue weighted by Crippen LogP contribution is -2.41. The average Bonchev–Trinajstić information content (AvgIpc) is 3.25. The molecule has 0 radical (unpaired) electrons. The number of carbonyl (C=O) groups is 1. The highest BCUT2D eigenvalue weighted by Gasteiger charge is 2.34. The van der Waals surface area contributed by atoms with Crippen LogP contribution in [0.2, 0.25) is 0 Å². The average molecular weight is 445 g/mol. The van der Waals surface area contributed by atoms with Crippen LogP contribution in [0, 0.1) is 17.1 Å². The molecule has 1 saturated heterocycles. The highest BCUT2D eigenvalue weighted by molar-refractivity contribution is 5.89. The summed E-state index contributed by atoms with van der Waals surface area (Å²) < 4.78 is 13.6. The maximum atomic E-state index is 13.8. The second-order valence-corrected chi connectivity index (χ2v) is 8.76. The summed E-state index contributed by atoms with van der Waals surface area (Å²) in [5.74, 6) is -0.395. The second-order valence-electron chi connectivity index (χ2n) is 8.76. The van der Waals surface area contributed by atoms with Crippen LogP contribution in [0.15, 0.2) is 54.6 Å². The molecule has 4 rings (SSSR count). The Balaban J connectivity index is 1.71. The molecule has 5 nitrogen and oxygen atoms in total. The highest BCUT2D eigenvalue weighted by atomic mass is 19.1. The largest absolute Gasteiger partial charge is 0.340 e. The minimum absolute atomic E-state index is 0.0222. The SMILES string of the molecule is CCc1c(C#N)cc2ccccc2c1CN(C)C(=O)C(c1ccc(F)cc1)N1CC[C@@H](N)C1. The number of hydrogen-bond acceptors (Lipinski definition) is 4. The Morgan fingerprint density at radius 2 is 1.97 bits per heavy atom. The van der Waals surface area contributed by atoms with Gasteiger partial charge in [0.1, 0.15) is 11.9 Å². The highest BCUT2D eigenvalue weighted by Crippen LogP contribution is 2.31. The summed E-state index contributed by atoms with van der Waals surface area (Å²) in [5, 5.41) is 11.8. The Morgan fingerprint density at radius 1 is 1.24 bits per heavy atom. The first-order valence-corrected chi connectivity index (χ1v) is 11.4. The number of halogens is 1. The van der Waals surface area contributed by atoms with E-state index in [1.807, 2.05) is 37.3 Å². The van der Waals surface area contributed by atoms with E-state index in [4.69, 9.17) is 5.73 Å². The van der Waals surface area contributed by atoms with E-state index >= 15 is 0 Å². The van der Waals surface area contributed by atoms with Gasteiger partial charge in [-0.1, -0.05) is 43.3 Å². The molecule has 33 heavy (non-hydrogen) atoms. The molecule has 0 spiro atoms. The van der Waals surface area contributed by atoms with E-state index in [1.54, 1.807) is 24.1 Å². The summed E-state index contributed by atoms with van der Waals surface area (Å²) in [5.41, 5.74) is 9.51. The number of fused-ring (bicyclic) bond motifs is 1. The molecule has 2 N–H and O–H groups in total. The lowest BCUT2D eigenvalue weighted by molar-refractivity contribution is -0.136.